The highest BCUT2D eigenvalue weighted by molar-refractivity contribution is 6.03. The molecule has 3 nitrogen and oxygen atoms in total. The summed E-state index contributed by atoms with van der Waals surface area (Å²) in [6, 6.07) is 38.2. The summed E-state index contributed by atoms with van der Waals surface area (Å²) in [7, 11) is 0. The second-order valence-corrected chi connectivity index (χ2v) is 15.8. The van der Waals surface area contributed by atoms with Gasteiger partial charge in [0, 0.05) is 46.1 Å². The fourth-order valence-corrected chi connectivity index (χ4v) is 10.00. The molecule has 1 aromatic heterocycles. The number of benzene rings is 4. The van der Waals surface area contributed by atoms with Crippen LogP contribution < -0.4 is 4.90 Å². The van der Waals surface area contributed by atoms with E-state index in [4.69, 9.17) is 4.99 Å². The Labute approximate surface area is 329 Å². The van der Waals surface area contributed by atoms with Crippen LogP contribution in [0.1, 0.15) is 54.1 Å². The van der Waals surface area contributed by atoms with E-state index in [1.54, 1.807) is 0 Å². The average Bonchev–Trinajstić information content (AvgIpc) is 3.79. The van der Waals surface area contributed by atoms with Crippen molar-refractivity contribution >= 4 is 34.0 Å². The smallest absolute Gasteiger partial charge is 0.0982 e. The Kier molecular flexibility index (Phi) is 8.09. The largest absolute Gasteiger partial charge is 0.350 e. The summed E-state index contributed by atoms with van der Waals surface area (Å²) in [6.07, 6.45) is 31.0. The molecule has 5 atom stereocenters. The minimum Gasteiger partial charge on any atom is -0.350 e. The molecule has 0 N–H and O–H groups in total. The second-order valence-electron chi connectivity index (χ2n) is 15.8. The summed E-state index contributed by atoms with van der Waals surface area (Å²) in [4.78, 5) is 7.90. The quantitative estimate of drug-likeness (QED) is 0.160. The first-order valence-corrected chi connectivity index (χ1v) is 20.3. The monoisotopic (exact) mass is 721 g/mol. The molecule has 0 amide bonds. The van der Waals surface area contributed by atoms with Crippen molar-refractivity contribution in [1.82, 2.24) is 4.57 Å². The van der Waals surface area contributed by atoms with Crippen molar-refractivity contribution in [2.45, 2.75) is 50.2 Å². The van der Waals surface area contributed by atoms with Crippen LogP contribution in [0.4, 0.5) is 5.69 Å². The van der Waals surface area contributed by atoms with E-state index in [1.807, 2.05) is 0 Å². The Balaban J connectivity index is 0.995. The van der Waals surface area contributed by atoms with Gasteiger partial charge in [-0.25, -0.2) is 0 Å². The van der Waals surface area contributed by atoms with Crippen LogP contribution >= 0.6 is 0 Å². The van der Waals surface area contributed by atoms with Crippen molar-refractivity contribution in [3.8, 4) is 23.0 Å². The number of anilines is 1. The third kappa shape index (κ3) is 5.63. The number of aromatic nitrogens is 1. The molecule has 2 aliphatic heterocycles. The van der Waals surface area contributed by atoms with Gasteiger partial charge < -0.3 is 9.47 Å². The van der Waals surface area contributed by atoms with Gasteiger partial charge in [-0.2, -0.15) is 0 Å². The lowest BCUT2D eigenvalue weighted by molar-refractivity contribution is 0.534. The van der Waals surface area contributed by atoms with Crippen LogP contribution in [0.25, 0.3) is 33.7 Å². The molecular formula is C53H43N3. The molecule has 6 aliphatic rings. The normalized spacial score (nSPS) is 24.4. The zero-order valence-corrected chi connectivity index (χ0v) is 31.4. The first-order chi connectivity index (χ1) is 27.8. The van der Waals surface area contributed by atoms with E-state index in [9.17, 15) is 0 Å². The van der Waals surface area contributed by atoms with Gasteiger partial charge in [-0.3, -0.25) is 4.99 Å². The Morgan fingerprint density at radius 3 is 2.36 bits per heavy atom. The maximum absolute atomic E-state index is 5.30. The highest BCUT2D eigenvalue weighted by Gasteiger charge is 2.47. The van der Waals surface area contributed by atoms with Crippen LogP contribution in [0.2, 0.25) is 0 Å². The lowest BCUT2D eigenvalue weighted by atomic mass is 9.81. The summed E-state index contributed by atoms with van der Waals surface area (Å²) in [5, 5.41) is 1.33. The van der Waals surface area contributed by atoms with Crippen molar-refractivity contribution < 1.29 is 0 Å². The maximum atomic E-state index is 5.30. The standard InChI is InChI=1S/C53H43N3/c1-4-15-36(16-5-1)39-21-14-22-42(31-39)55-50-25-12-10-23-44(50)46-29-27-41(33-53(46)55)40-28-30-52-47(32-40)45-24-11-13-26-51(45)56(52)43-34-48(37-17-6-2-7-18-37)54-49(35-43)38-19-8-3-9-20-38/h1-2,4-8,10-11,14-24,27-33,35,43-44,46,50,53H,3,9,13,26,34H2/t43?,44?,46-,50?,53?/m0/s1. The molecule has 0 bridgehead atoms. The van der Waals surface area contributed by atoms with Crippen LogP contribution in [-0.4, -0.2) is 22.4 Å². The van der Waals surface area contributed by atoms with E-state index in [-0.39, 0.29) is 18.1 Å². The summed E-state index contributed by atoms with van der Waals surface area (Å²) in [5.74, 6) is 7.66. The number of rotatable bonds is 6. The number of hydrogen-bond donors (Lipinski definition) is 0. The van der Waals surface area contributed by atoms with Gasteiger partial charge in [0.1, 0.15) is 0 Å². The van der Waals surface area contributed by atoms with Crippen molar-refractivity contribution in [3.63, 3.8) is 0 Å². The molecule has 3 heterocycles. The zero-order valence-electron chi connectivity index (χ0n) is 31.4. The Morgan fingerprint density at radius 1 is 0.661 bits per heavy atom. The van der Waals surface area contributed by atoms with E-state index in [1.165, 1.54) is 61.2 Å². The van der Waals surface area contributed by atoms with E-state index in [0.29, 0.717) is 11.8 Å². The van der Waals surface area contributed by atoms with Crippen molar-refractivity contribution in [1.29, 1.82) is 0 Å². The fraction of sp³-hybridized carbons (Fsp3) is 0.189. The van der Waals surface area contributed by atoms with Crippen LogP contribution in [0.3, 0.4) is 0 Å². The molecule has 1 saturated heterocycles. The molecule has 56 heavy (non-hydrogen) atoms. The third-order valence-corrected chi connectivity index (χ3v) is 12.6. The zero-order chi connectivity index (χ0) is 37.0. The number of nitrogens with zero attached hydrogens (tertiary/aromatic N) is 3. The van der Waals surface area contributed by atoms with Gasteiger partial charge in [0.25, 0.3) is 0 Å². The summed E-state index contributed by atoms with van der Waals surface area (Å²) >= 11 is 0. The van der Waals surface area contributed by atoms with E-state index in [0.717, 1.165) is 43.5 Å². The molecule has 4 aromatic carbocycles. The van der Waals surface area contributed by atoms with Crippen LogP contribution in [-0.2, 0) is 6.42 Å². The number of allylic oxidation sites excluding steroid dienone is 8. The summed E-state index contributed by atoms with van der Waals surface area (Å²) < 4.78 is 2.65. The number of hydrogen-bond acceptors (Lipinski definition) is 2. The molecule has 11 rings (SSSR count). The summed E-state index contributed by atoms with van der Waals surface area (Å²) in [5.41, 5.74) is 15.1. The minimum atomic E-state index is 0.132. The second kappa shape index (κ2) is 13.7. The van der Waals surface area contributed by atoms with Crippen LogP contribution in [0.15, 0.2) is 180 Å². The first-order valence-electron chi connectivity index (χ1n) is 20.3. The predicted octanol–water partition coefficient (Wildman–Crippen LogP) is 11.9. The van der Waals surface area contributed by atoms with Gasteiger partial charge in [-0.05, 0) is 95.5 Å². The number of aliphatic imine (C=N–C) groups is 1. The topological polar surface area (TPSA) is 20.5 Å². The van der Waals surface area contributed by atoms with Gasteiger partial charge in [0.15, 0.2) is 0 Å². The Hall–Kier alpha value is -6.37. The fourth-order valence-electron chi connectivity index (χ4n) is 10.00. The molecule has 0 radical (unpaired) electrons. The molecule has 4 aliphatic carbocycles. The molecule has 0 spiro atoms. The van der Waals surface area contributed by atoms with Gasteiger partial charge >= 0.3 is 0 Å². The molecule has 5 aromatic rings. The lowest BCUT2D eigenvalue weighted by Crippen LogP contribution is -2.37. The first kappa shape index (κ1) is 33.0. The maximum Gasteiger partial charge on any atom is 0.0982 e. The highest BCUT2D eigenvalue weighted by Crippen LogP contribution is 2.46. The molecule has 0 saturated carbocycles. The van der Waals surface area contributed by atoms with E-state index < -0.39 is 0 Å². The van der Waals surface area contributed by atoms with Crippen LogP contribution in [0, 0.1) is 23.7 Å². The van der Waals surface area contributed by atoms with Gasteiger partial charge in [0.05, 0.1) is 29.5 Å². The van der Waals surface area contributed by atoms with E-state index in [2.05, 4.69) is 191 Å². The van der Waals surface area contributed by atoms with Crippen molar-refractivity contribution in [3.05, 3.63) is 198 Å². The predicted molar refractivity (Wildman–Crippen MR) is 233 cm³/mol. The van der Waals surface area contributed by atoms with Crippen molar-refractivity contribution in [2.75, 3.05) is 4.90 Å². The van der Waals surface area contributed by atoms with Gasteiger partial charge in [0.2, 0.25) is 0 Å². The highest BCUT2D eigenvalue weighted by atomic mass is 15.2. The number of fused-ring (bicyclic) bond motifs is 6. The lowest BCUT2D eigenvalue weighted by Gasteiger charge is -2.32. The molecular weight excluding hydrogens is 679 g/mol. The third-order valence-electron chi connectivity index (χ3n) is 12.6. The minimum absolute atomic E-state index is 0.132. The van der Waals surface area contributed by atoms with Crippen molar-refractivity contribution in [2.24, 2.45) is 16.8 Å². The van der Waals surface area contributed by atoms with Gasteiger partial charge in [-0.15, -0.1) is 0 Å². The van der Waals surface area contributed by atoms with Gasteiger partial charge in [-0.1, -0.05) is 145 Å². The Bertz CT molecular complexity index is 2700. The van der Waals surface area contributed by atoms with E-state index >= 15 is 0 Å². The average molecular weight is 722 g/mol. The molecule has 3 heteroatoms. The molecule has 4 unspecified atom stereocenters. The van der Waals surface area contributed by atoms with Crippen LogP contribution in [0.5, 0.6) is 0 Å². The molecule has 1 fully saturated rings. The Morgan fingerprint density at radius 2 is 1.50 bits per heavy atom. The summed E-state index contributed by atoms with van der Waals surface area (Å²) in [6.45, 7) is 0. The SMILES string of the molecule is C1#CC2C(C=C1)[C@@H]1C=CC(c3ccc4c(c3)c3c(n4C4C=C(C5=CCCC=C5)N=C(c5ccccc5)C4)CCC=C3)=CC1N2c1cccc(-c2ccccc2)c1. The molecule has 270 valence electrons.